The van der Waals surface area contributed by atoms with Crippen LogP contribution in [0, 0.1) is 10.1 Å². The number of pyridine rings is 1. The van der Waals surface area contributed by atoms with E-state index in [4.69, 9.17) is 0 Å². The van der Waals surface area contributed by atoms with Gasteiger partial charge in [0.1, 0.15) is 0 Å². The first kappa shape index (κ1) is 11.7. The molecule has 0 saturated carbocycles. The second-order valence-corrected chi connectivity index (χ2v) is 3.45. The van der Waals surface area contributed by atoms with Crippen molar-refractivity contribution in [2.24, 2.45) is 5.10 Å². The Balaban J connectivity index is 1.98. The molecule has 0 saturated heterocycles. The molecule has 6 nitrogen and oxygen atoms in total. The molecule has 0 fully saturated rings. The first-order valence-corrected chi connectivity index (χ1v) is 5.19. The summed E-state index contributed by atoms with van der Waals surface area (Å²) in [5, 5.41) is 14.5. The molecule has 0 bridgehead atoms. The Labute approximate surface area is 103 Å². The van der Waals surface area contributed by atoms with E-state index in [2.05, 4.69) is 15.5 Å². The molecule has 2 rings (SSSR count). The third-order valence-electron chi connectivity index (χ3n) is 2.19. The van der Waals surface area contributed by atoms with Crippen LogP contribution < -0.4 is 5.43 Å². The Morgan fingerprint density at radius 3 is 2.44 bits per heavy atom. The van der Waals surface area contributed by atoms with Crippen LogP contribution in [0.15, 0.2) is 53.9 Å². The predicted octanol–water partition coefficient (Wildman–Crippen LogP) is 2.44. The molecule has 0 aliphatic carbocycles. The molecule has 6 heteroatoms. The molecule has 1 heterocycles. The fraction of sp³-hybridized carbons (Fsp3) is 0. The zero-order chi connectivity index (χ0) is 12.8. The molecular formula is C12H10N4O2. The number of nitro groups is 1. The van der Waals surface area contributed by atoms with Crippen LogP contribution in [0.1, 0.15) is 5.56 Å². The highest BCUT2D eigenvalue weighted by atomic mass is 16.6. The molecular weight excluding hydrogens is 232 g/mol. The van der Waals surface area contributed by atoms with Gasteiger partial charge in [-0.3, -0.25) is 20.5 Å². The van der Waals surface area contributed by atoms with Gasteiger partial charge in [0.15, 0.2) is 0 Å². The van der Waals surface area contributed by atoms with E-state index < -0.39 is 4.92 Å². The minimum Gasteiger partial charge on any atom is -0.278 e. The summed E-state index contributed by atoms with van der Waals surface area (Å²) in [6, 6.07) is 9.68. The van der Waals surface area contributed by atoms with Crippen LogP contribution in [0.5, 0.6) is 0 Å². The first-order chi connectivity index (χ1) is 8.75. The summed E-state index contributed by atoms with van der Waals surface area (Å²) in [6.07, 6.45) is 4.99. The second-order valence-electron chi connectivity index (χ2n) is 3.45. The maximum atomic E-state index is 10.5. The highest BCUT2D eigenvalue weighted by Crippen LogP contribution is 2.15. The SMILES string of the molecule is O=[N+]([O-])c1ccc(N/N=C/c2ccncc2)cc1. The maximum absolute atomic E-state index is 10.5. The van der Waals surface area contributed by atoms with Crippen molar-refractivity contribution >= 4 is 17.6 Å². The number of nitrogens with zero attached hydrogens (tertiary/aromatic N) is 3. The normalized spacial score (nSPS) is 10.4. The van der Waals surface area contributed by atoms with Gasteiger partial charge in [-0.1, -0.05) is 0 Å². The van der Waals surface area contributed by atoms with Gasteiger partial charge in [-0.05, 0) is 29.8 Å². The standard InChI is InChI=1S/C12H10N4O2/c17-16(18)12-3-1-11(2-4-12)15-14-9-10-5-7-13-8-6-10/h1-9,15H/b14-9+. The van der Waals surface area contributed by atoms with Gasteiger partial charge in [0, 0.05) is 24.5 Å². The lowest BCUT2D eigenvalue weighted by atomic mass is 10.3. The zero-order valence-electron chi connectivity index (χ0n) is 9.35. The molecule has 1 aromatic carbocycles. The van der Waals surface area contributed by atoms with E-state index in [-0.39, 0.29) is 5.69 Å². The molecule has 0 spiro atoms. The van der Waals surface area contributed by atoms with Crippen molar-refractivity contribution in [2.75, 3.05) is 5.43 Å². The predicted molar refractivity (Wildman–Crippen MR) is 68.6 cm³/mol. The highest BCUT2D eigenvalue weighted by molar-refractivity contribution is 5.79. The minimum atomic E-state index is -0.440. The lowest BCUT2D eigenvalue weighted by molar-refractivity contribution is -0.384. The lowest BCUT2D eigenvalue weighted by Crippen LogP contribution is -1.92. The summed E-state index contributed by atoms with van der Waals surface area (Å²) < 4.78 is 0. The number of non-ortho nitro benzene ring substituents is 1. The van der Waals surface area contributed by atoms with Crippen molar-refractivity contribution in [2.45, 2.75) is 0 Å². The first-order valence-electron chi connectivity index (χ1n) is 5.19. The molecule has 90 valence electrons. The van der Waals surface area contributed by atoms with E-state index in [1.165, 1.54) is 12.1 Å². The molecule has 0 amide bonds. The third kappa shape index (κ3) is 3.11. The van der Waals surface area contributed by atoms with Crippen molar-refractivity contribution in [1.82, 2.24) is 4.98 Å². The van der Waals surface area contributed by atoms with Crippen LogP contribution in [-0.2, 0) is 0 Å². The topological polar surface area (TPSA) is 80.4 Å². The molecule has 0 radical (unpaired) electrons. The van der Waals surface area contributed by atoms with Gasteiger partial charge >= 0.3 is 0 Å². The van der Waals surface area contributed by atoms with Crippen molar-refractivity contribution in [3.8, 4) is 0 Å². The van der Waals surface area contributed by atoms with Gasteiger partial charge in [-0.15, -0.1) is 0 Å². The van der Waals surface area contributed by atoms with Crippen LogP contribution in [0.3, 0.4) is 0 Å². The summed E-state index contributed by atoms with van der Waals surface area (Å²) in [5.74, 6) is 0. The Hall–Kier alpha value is -2.76. The van der Waals surface area contributed by atoms with E-state index in [1.807, 2.05) is 12.1 Å². The summed E-state index contributed by atoms with van der Waals surface area (Å²) in [6.45, 7) is 0. The fourth-order valence-corrected chi connectivity index (χ4v) is 1.29. The average molecular weight is 242 g/mol. The van der Waals surface area contributed by atoms with Gasteiger partial charge in [-0.25, -0.2) is 0 Å². The lowest BCUT2D eigenvalue weighted by Gasteiger charge is -1.99. The fourth-order valence-electron chi connectivity index (χ4n) is 1.29. The van der Waals surface area contributed by atoms with Crippen molar-refractivity contribution in [3.63, 3.8) is 0 Å². The van der Waals surface area contributed by atoms with Crippen LogP contribution >= 0.6 is 0 Å². The van der Waals surface area contributed by atoms with Crippen molar-refractivity contribution in [1.29, 1.82) is 0 Å². The maximum Gasteiger partial charge on any atom is 0.269 e. The van der Waals surface area contributed by atoms with Gasteiger partial charge in [0.2, 0.25) is 0 Å². The number of anilines is 1. The molecule has 0 unspecified atom stereocenters. The number of hydrogen-bond donors (Lipinski definition) is 1. The number of nitro benzene ring substituents is 1. The number of rotatable bonds is 4. The summed E-state index contributed by atoms with van der Waals surface area (Å²) >= 11 is 0. The van der Waals surface area contributed by atoms with Gasteiger partial charge in [0.25, 0.3) is 5.69 Å². The van der Waals surface area contributed by atoms with Crippen LogP contribution in [0.2, 0.25) is 0 Å². The average Bonchev–Trinajstić information content (AvgIpc) is 2.40. The molecule has 18 heavy (non-hydrogen) atoms. The number of benzene rings is 1. The van der Waals surface area contributed by atoms with Crippen LogP contribution in [0.4, 0.5) is 11.4 Å². The number of hydrazone groups is 1. The summed E-state index contributed by atoms with van der Waals surface area (Å²) in [7, 11) is 0. The van der Waals surface area contributed by atoms with Gasteiger partial charge in [0.05, 0.1) is 16.8 Å². The number of hydrogen-bond acceptors (Lipinski definition) is 5. The molecule has 1 aromatic heterocycles. The quantitative estimate of drug-likeness (QED) is 0.507. The third-order valence-corrected chi connectivity index (χ3v) is 2.19. The van der Waals surface area contributed by atoms with E-state index in [0.29, 0.717) is 5.69 Å². The Morgan fingerprint density at radius 2 is 1.83 bits per heavy atom. The smallest absolute Gasteiger partial charge is 0.269 e. The van der Waals surface area contributed by atoms with Crippen molar-refractivity contribution < 1.29 is 4.92 Å². The molecule has 0 aliphatic heterocycles. The Bertz CT molecular complexity index is 552. The van der Waals surface area contributed by atoms with E-state index in [1.54, 1.807) is 30.7 Å². The van der Waals surface area contributed by atoms with Crippen LogP contribution in [-0.4, -0.2) is 16.1 Å². The van der Waals surface area contributed by atoms with E-state index >= 15 is 0 Å². The Morgan fingerprint density at radius 1 is 1.17 bits per heavy atom. The van der Waals surface area contributed by atoms with E-state index in [0.717, 1.165) is 5.56 Å². The number of aromatic nitrogens is 1. The van der Waals surface area contributed by atoms with Gasteiger partial charge < -0.3 is 0 Å². The summed E-state index contributed by atoms with van der Waals surface area (Å²) in [5.41, 5.74) is 4.44. The minimum absolute atomic E-state index is 0.0543. The molecule has 0 aliphatic rings. The highest BCUT2D eigenvalue weighted by Gasteiger charge is 2.02. The monoisotopic (exact) mass is 242 g/mol. The number of nitrogens with one attached hydrogen (secondary N) is 1. The molecule has 0 atom stereocenters. The zero-order valence-corrected chi connectivity index (χ0v) is 9.35. The van der Waals surface area contributed by atoms with Gasteiger partial charge in [-0.2, -0.15) is 5.10 Å². The largest absolute Gasteiger partial charge is 0.278 e. The van der Waals surface area contributed by atoms with Crippen LogP contribution in [0.25, 0.3) is 0 Å². The van der Waals surface area contributed by atoms with E-state index in [9.17, 15) is 10.1 Å². The Kier molecular flexibility index (Phi) is 3.60. The summed E-state index contributed by atoms with van der Waals surface area (Å²) in [4.78, 5) is 13.9. The second kappa shape index (κ2) is 5.53. The molecule has 2 aromatic rings. The van der Waals surface area contributed by atoms with Crippen molar-refractivity contribution in [3.05, 3.63) is 64.5 Å². The molecule has 1 N–H and O–H groups in total.